The number of rotatable bonds is 3. The second-order valence-electron chi connectivity index (χ2n) is 5.43. The van der Waals surface area contributed by atoms with E-state index in [0.717, 1.165) is 0 Å². The molecule has 0 radical (unpaired) electrons. The monoisotopic (exact) mass is 472 g/mol. The first-order valence-electron chi connectivity index (χ1n) is 5.36. The molecule has 17 heavy (non-hydrogen) atoms. The van der Waals surface area contributed by atoms with E-state index in [1.165, 1.54) is 0 Å². The Morgan fingerprint density at radius 3 is 2.12 bits per heavy atom. The van der Waals surface area contributed by atoms with Gasteiger partial charge < -0.3 is 18.0 Å². The first-order valence-corrected chi connectivity index (χ1v) is 7.12. The van der Waals surface area contributed by atoms with Gasteiger partial charge in [0.1, 0.15) is 64.3 Å². The molecule has 102 valence electrons. The minimum atomic E-state index is -0.991. The maximum absolute atomic E-state index is 10.1. The lowest BCUT2D eigenvalue weighted by atomic mass is 9.84. The summed E-state index contributed by atoms with van der Waals surface area (Å²) < 4.78 is 15.7. The molecule has 0 saturated carbocycles. The SMILES string of the molecule is CC(C)(C)CC1OC(OI)[C@H](O)C(OI)[C@@H]1O. The average Bonchev–Trinajstić information content (AvgIpc) is 2.21. The zero-order valence-corrected chi connectivity index (χ0v) is 14.3. The number of aliphatic hydroxyl groups is 2. The number of aliphatic hydroxyl groups excluding tert-OH is 2. The van der Waals surface area contributed by atoms with Crippen molar-refractivity contribution >= 4 is 46.0 Å². The highest BCUT2D eigenvalue weighted by Crippen LogP contribution is 2.33. The van der Waals surface area contributed by atoms with Crippen LogP contribution in [-0.2, 0) is 10.9 Å². The molecule has 1 aliphatic heterocycles. The quantitative estimate of drug-likeness (QED) is 0.616. The van der Waals surface area contributed by atoms with Crippen LogP contribution < -0.4 is 0 Å². The van der Waals surface area contributed by atoms with Crippen molar-refractivity contribution in [2.24, 2.45) is 5.41 Å². The predicted molar refractivity (Wildman–Crippen MR) is 78.7 cm³/mol. The molecule has 7 heteroatoms. The minimum absolute atomic E-state index is 0.0135. The lowest BCUT2D eigenvalue weighted by Gasteiger charge is -2.42. The smallest absolute Gasteiger partial charge is 0.197 e. The van der Waals surface area contributed by atoms with E-state index in [1.807, 2.05) is 0 Å². The number of hydrogen-bond donors (Lipinski definition) is 2. The molecule has 1 fully saturated rings. The van der Waals surface area contributed by atoms with Crippen molar-refractivity contribution in [3.63, 3.8) is 0 Å². The van der Waals surface area contributed by atoms with Gasteiger partial charge in [0, 0.05) is 0 Å². The second kappa shape index (κ2) is 6.62. The Morgan fingerprint density at radius 1 is 1.12 bits per heavy atom. The van der Waals surface area contributed by atoms with Gasteiger partial charge in [0.2, 0.25) is 0 Å². The lowest BCUT2D eigenvalue weighted by Crippen LogP contribution is -2.58. The van der Waals surface area contributed by atoms with Crippen molar-refractivity contribution in [3.8, 4) is 0 Å². The van der Waals surface area contributed by atoms with Crippen LogP contribution in [-0.4, -0.2) is 40.9 Å². The molecule has 5 atom stereocenters. The first kappa shape index (κ1) is 16.3. The summed E-state index contributed by atoms with van der Waals surface area (Å²) in [6, 6.07) is 0. The fourth-order valence-electron chi connectivity index (χ4n) is 1.85. The Balaban J connectivity index is 2.78. The van der Waals surface area contributed by atoms with Gasteiger partial charge in [-0.3, -0.25) is 3.07 Å². The molecule has 0 aromatic rings. The molecular weight excluding hydrogens is 454 g/mol. The standard InChI is InChI=1S/C10H18I2O5/c1-10(2,3)4-5-6(13)8(16-11)7(14)9(15-5)17-12/h5-9,13-14H,4H2,1-3H3/t5?,6-,7-,8?,9?/m1/s1. The van der Waals surface area contributed by atoms with Gasteiger partial charge >= 0.3 is 0 Å². The van der Waals surface area contributed by atoms with E-state index < -0.39 is 30.7 Å². The molecule has 0 bridgehead atoms. The third kappa shape index (κ3) is 4.39. The summed E-state index contributed by atoms with van der Waals surface area (Å²) in [6.07, 6.45) is -3.06. The molecule has 5 nitrogen and oxygen atoms in total. The van der Waals surface area contributed by atoms with Crippen molar-refractivity contribution in [1.82, 2.24) is 0 Å². The maximum Gasteiger partial charge on any atom is 0.197 e. The molecule has 0 amide bonds. The molecule has 0 aromatic heterocycles. The largest absolute Gasteiger partial charge is 0.388 e. The molecule has 1 aliphatic rings. The highest BCUT2D eigenvalue weighted by Gasteiger charge is 2.46. The van der Waals surface area contributed by atoms with Crippen molar-refractivity contribution in [2.45, 2.75) is 57.9 Å². The summed E-state index contributed by atoms with van der Waals surface area (Å²) in [5.41, 5.74) is 0.0135. The third-order valence-electron chi connectivity index (χ3n) is 2.65. The summed E-state index contributed by atoms with van der Waals surface area (Å²) in [5.74, 6) is 0. The van der Waals surface area contributed by atoms with Crippen LogP contribution in [0.5, 0.6) is 0 Å². The topological polar surface area (TPSA) is 68.2 Å². The van der Waals surface area contributed by atoms with Gasteiger partial charge in [-0.2, -0.15) is 0 Å². The van der Waals surface area contributed by atoms with Crippen molar-refractivity contribution in [2.75, 3.05) is 0 Å². The zero-order chi connectivity index (χ0) is 13.2. The molecule has 1 saturated heterocycles. The normalized spacial score (nSPS) is 39.4. The third-order valence-corrected chi connectivity index (χ3v) is 3.73. The van der Waals surface area contributed by atoms with Crippen molar-refractivity contribution < 1.29 is 21.1 Å². The molecule has 1 rings (SSSR count). The maximum atomic E-state index is 10.1. The molecule has 1 heterocycles. The second-order valence-corrected chi connectivity index (χ2v) is 6.45. The average molecular weight is 472 g/mol. The molecule has 0 aliphatic carbocycles. The van der Waals surface area contributed by atoms with Crippen LogP contribution in [0.2, 0.25) is 0 Å². The Hall–Kier alpha value is 1.26. The van der Waals surface area contributed by atoms with Gasteiger partial charge in [-0.05, 0) is 11.8 Å². The van der Waals surface area contributed by atoms with E-state index in [9.17, 15) is 10.2 Å². The summed E-state index contributed by atoms with van der Waals surface area (Å²) in [5, 5.41) is 20.0. The lowest BCUT2D eigenvalue weighted by molar-refractivity contribution is -0.258. The van der Waals surface area contributed by atoms with Crippen LogP contribution >= 0.6 is 46.0 Å². The summed E-state index contributed by atoms with van der Waals surface area (Å²) >= 11 is 3.36. The van der Waals surface area contributed by atoms with Crippen LogP contribution in [0.4, 0.5) is 0 Å². The Labute approximate surface area is 130 Å². The fourth-order valence-corrected chi connectivity index (χ4v) is 2.88. The molecule has 0 spiro atoms. The zero-order valence-electron chi connectivity index (χ0n) is 9.97. The molecule has 0 aromatic carbocycles. The van der Waals surface area contributed by atoms with E-state index in [2.05, 4.69) is 20.8 Å². The molecule has 2 N–H and O–H groups in total. The minimum Gasteiger partial charge on any atom is -0.388 e. The van der Waals surface area contributed by atoms with Gasteiger partial charge in [-0.25, -0.2) is 0 Å². The van der Waals surface area contributed by atoms with Crippen LogP contribution in [0, 0.1) is 5.41 Å². The fraction of sp³-hybridized carbons (Fsp3) is 1.00. The van der Waals surface area contributed by atoms with Crippen LogP contribution in [0.25, 0.3) is 0 Å². The van der Waals surface area contributed by atoms with Gasteiger partial charge in [0.05, 0.1) is 6.10 Å². The van der Waals surface area contributed by atoms with E-state index in [4.69, 9.17) is 10.9 Å². The van der Waals surface area contributed by atoms with Crippen molar-refractivity contribution in [3.05, 3.63) is 0 Å². The highest BCUT2D eigenvalue weighted by atomic mass is 127. The Bertz CT molecular complexity index is 245. The van der Waals surface area contributed by atoms with Gasteiger partial charge in [0.25, 0.3) is 0 Å². The Kier molecular flexibility index (Phi) is 6.35. The Morgan fingerprint density at radius 2 is 1.71 bits per heavy atom. The summed E-state index contributed by atoms with van der Waals surface area (Å²) in [7, 11) is 0. The van der Waals surface area contributed by atoms with E-state index in [1.54, 1.807) is 46.0 Å². The van der Waals surface area contributed by atoms with E-state index in [0.29, 0.717) is 6.42 Å². The van der Waals surface area contributed by atoms with Crippen molar-refractivity contribution in [1.29, 1.82) is 0 Å². The van der Waals surface area contributed by atoms with Gasteiger partial charge in [0.15, 0.2) is 6.29 Å². The number of hydrogen-bond acceptors (Lipinski definition) is 5. The molecule has 3 unspecified atom stereocenters. The van der Waals surface area contributed by atoms with Gasteiger partial charge in [-0.1, -0.05) is 20.8 Å². The van der Waals surface area contributed by atoms with Gasteiger partial charge in [-0.15, -0.1) is 0 Å². The van der Waals surface area contributed by atoms with E-state index in [-0.39, 0.29) is 5.41 Å². The van der Waals surface area contributed by atoms with Crippen LogP contribution in [0.1, 0.15) is 27.2 Å². The highest BCUT2D eigenvalue weighted by molar-refractivity contribution is 14.1. The van der Waals surface area contributed by atoms with Crippen LogP contribution in [0.15, 0.2) is 0 Å². The summed E-state index contributed by atoms with van der Waals surface area (Å²) in [6.45, 7) is 6.19. The van der Waals surface area contributed by atoms with E-state index >= 15 is 0 Å². The van der Waals surface area contributed by atoms with Crippen LogP contribution in [0.3, 0.4) is 0 Å². The first-order chi connectivity index (χ1) is 7.80. The molecular formula is C10H18I2O5. The summed E-state index contributed by atoms with van der Waals surface area (Å²) in [4.78, 5) is 0. The number of halogens is 2. The number of ether oxygens (including phenoxy) is 1. The predicted octanol–water partition coefficient (Wildman–Crippen LogP) is 1.97.